The third-order valence-electron chi connectivity index (χ3n) is 3.66. The van der Waals surface area contributed by atoms with Gasteiger partial charge in [0, 0.05) is 30.4 Å². The van der Waals surface area contributed by atoms with Crippen LogP contribution in [-0.4, -0.2) is 47.9 Å². The van der Waals surface area contributed by atoms with Gasteiger partial charge in [0.25, 0.3) is 5.91 Å². The molecule has 1 spiro atoms. The van der Waals surface area contributed by atoms with E-state index in [9.17, 15) is 4.79 Å². The van der Waals surface area contributed by atoms with E-state index in [1.54, 1.807) is 12.3 Å². The minimum absolute atomic E-state index is 0.0312. The first-order chi connectivity index (χ1) is 9.19. The molecule has 2 saturated heterocycles. The van der Waals surface area contributed by atoms with Crippen LogP contribution in [0.4, 0.5) is 0 Å². The molecule has 0 atom stereocenters. The molecule has 0 unspecified atom stereocenters. The summed E-state index contributed by atoms with van der Waals surface area (Å²) in [5.74, 6) is -0.528. The van der Waals surface area contributed by atoms with Crippen molar-refractivity contribution in [1.29, 1.82) is 0 Å². The van der Waals surface area contributed by atoms with Crippen LogP contribution in [0.3, 0.4) is 0 Å². The third kappa shape index (κ3) is 2.48. The lowest BCUT2D eigenvalue weighted by Crippen LogP contribution is -2.51. The Kier molecular flexibility index (Phi) is 3.24. The van der Waals surface area contributed by atoms with Crippen molar-refractivity contribution in [2.24, 2.45) is 0 Å². The Morgan fingerprint density at radius 2 is 2.21 bits per heavy atom. The Hall–Kier alpha value is -1.46. The fourth-order valence-electron chi connectivity index (χ4n) is 2.76. The molecule has 1 amide bonds. The van der Waals surface area contributed by atoms with Gasteiger partial charge in [0.2, 0.25) is 0 Å². The van der Waals surface area contributed by atoms with Crippen LogP contribution >= 0.6 is 0 Å². The summed E-state index contributed by atoms with van der Waals surface area (Å²) in [6.45, 7) is 4.41. The van der Waals surface area contributed by atoms with Gasteiger partial charge in [-0.2, -0.15) is 0 Å². The third-order valence-corrected chi connectivity index (χ3v) is 3.66. The van der Waals surface area contributed by atoms with Crippen LogP contribution < -0.4 is 0 Å². The normalized spacial score (nSPS) is 21.8. The standard InChI is InChI=1S/C14H18N2O3/c1-11-9-12(3-5-15-11)13(17)16-6-2-4-14(10-16)18-7-8-19-14/h3,5,9H,2,4,6-8,10H2,1H3. The summed E-state index contributed by atoms with van der Waals surface area (Å²) >= 11 is 0. The van der Waals surface area contributed by atoms with Gasteiger partial charge < -0.3 is 14.4 Å². The number of aryl methyl sites for hydroxylation is 1. The summed E-state index contributed by atoms with van der Waals surface area (Å²) < 4.78 is 11.4. The number of hydrogen-bond acceptors (Lipinski definition) is 4. The highest BCUT2D eigenvalue weighted by Crippen LogP contribution is 2.30. The van der Waals surface area contributed by atoms with Gasteiger partial charge in [-0.1, -0.05) is 0 Å². The van der Waals surface area contributed by atoms with Crippen LogP contribution in [-0.2, 0) is 9.47 Å². The van der Waals surface area contributed by atoms with Gasteiger partial charge in [0.1, 0.15) is 0 Å². The summed E-state index contributed by atoms with van der Waals surface area (Å²) in [6.07, 6.45) is 3.45. The highest BCUT2D eigenvalue weighted by molar-refractivity contribution is 5.94. The monoisotopic (exact) mass is 262 g/mol. The molecular weight excluding hydrogens is 244 g/mol. The lowest BCUT2D eigenvalue weighted by Gasteiger charge is -2.38. The molecule has 19 heavy (non-hydrogen) atoms. The van der Waals surface area contributed by atoms with Crippen LogP contribution in [0.25, 0.3) is 0 Å². The second-order valence-corrected chi connectivity index (χ2v) is 5.12. The predicted octanol–water partition coefficient (Wildman–Crippen LogP) is 1.37. The molecule has 2 fully saturated rings. The second kappa shape index (κ2) is 4.90. The molecule has 0 aromatic carbocycles. The number of pyridine rings is 1. The van der Waals surface area contributed by atoms with Gasteiger partial charge in [-0.05, 0) is 25.5 Å². The minimum Gasteiger partial charge on any atom is -0.346 e. The van der Waals surface area contributed by atoms with Crippen molar-refractivity contribution >= 4 is 5.91 Å². The molecule has 0 aliphatic carbocycles. The van der Waals surface area contributed by atoms with Crippen LogP contribution in [0.1, 0.15) is 28.9 Å². The van der Waals surface area contributed by atoms with E-state index < -0.39 is 5.79 Å². The van der Waals surface area contributed by atoms with Crippen LogP contribution in [0, 0.1) is 6.92 Å². The maximum absolute atomic E-state index is 12.5. The number of amides is 1. The lowest BCUT2D eigenvalue weighted by molar-refractivity contribution is -0.183. The highest BCUT2D eigenvalue weighted by Gasteiger charge is 2.42. The fourth-order valence-corrected chi connectivity index (χ4v) is 2.76. The first kappa shape index (κ1) is 12.6. The van der Waals surface area contributed by atoms with E-state index in [-0.39, 0.29) is 5.91 Å². The van der Waals surface area contributed by atoms with E-state index >= 15 is 0 Å². The van der Waals surface area contributed by atoms with Crippen molar-refractivity contribution in [2.75, 3.05) is 26.3 Å². The molecule has 0 bridgehead atoms. The molecule has 1 aromatic rings. The van der Waals surface area contributed by atoms with Gasteiger partial charge in [-0.25, -0.2) is 0 Å². The smallest absolute Gasteiger partial charge is 0.254 e. The van der Waals surface area contributed by atoms with Gasteiger partial charge >= 0.3 is 0 Å². The number of piperidine rings is 1. The molecule has 2 aliphatic rings. The molecule has 2 aliphatic heterocycles. The fraction of sp³-hybridized carbons (Fsp3) is 0.571. The molecule has 0 N–H and O–H groups in total. The number of hydrogen-bond donors (Lipinski definition) is 0. The Balaban J connectivity index is 1.76. The number of carbonyl (C=O) groups excluding carboxylic acids is 1. The molecule has 3 rings (SSSR count). The topological polar surface area (TPSA) is 51.7 Å². The van der Waals surface area contributed by atoms with Gasteiger partial charge in [0.05, 0.1) is 19.8 Å². The zero-order valence-corrected chi connectivity index (χ0v) is 11.1. The summed E-state index contributed by atoms with van der Waals surface area (Å²) in [5.41, 5.74) is 1.54. The Morgan fingerprint density at radius 3 is 2.95 bits per heavy atom. The van der Waals surface area contributed by atoms with Crippen molar-refractivity contribution in [3.8, 4) is 0 Å². The molecule has 3 heterocycles. The minimum atomic E-state index is -0.560. The zero-order chi connectivity index (χ0) is 13.3. The second-order valence-electron chi connectivity index (χ2n) is 5.12. The van der Waals surface area contributed by atoms with Crippen molar-refractivity contribution in [2.45, 2.75) is 25.6 Å². The molecule has 5 nitrogen and oxygen atoms in total. The number of aromatic nitrogens is 1. The maximum atomic E-state index is 12.5. The quantitative estimate of drug-likeness (QED) is 0.767. The molecule has 102 valence electrons. The highest BCUT2D eigenvalue weighted by atomic mass is 16.7. The van der Waals surface area contributed by atoms with Crippen LogP contribution in [0.5, 0.6) is 0 Å². The molecule has 1 aromatic heterocycles. The van der Waals surface area contributed by atoms with Crippen LogP contribution in [0.15, 0.2) is 18.3 Å². The Bertz CT molecular complexity index is 483. The predicted molar refractivity (Wildman–Crippen MR) is 68.7 cm³/mol. The SMILES string of the molecule is Cc1cc(C(=O)N2CCCC3(C2)OCCO3)ccn1. The largest absolute Gasteiger partial charge is 0.346 e. The molecule has 0 radical (unpaired) electrons. The first-order valence-corrected chi connectivity index (χ1v) is 6.68. The summed E-state index contributed by atoms with van der Waals surface area (Å²) in [6, 6.07) is 3.58. The van der Waals surface area contributed by atoms with Gasteiger partial charge in [-0.3, -0.25) is 9.78 Å². The molecule has 5 heteroatoms. The van der Waals surface area contributed by atoms with E-state index in [2.05, 4.69) is 4.98 Å². The number of carbonyl (C=O) groups is 1. The van der Waals surface area contributed by atoms with Crippen LogP contribution in [0.2, 0.25) is 0 Å². The maximum Gasteiger partial charge on any atom is 0.254 e. The van der Waals surface area contributed by atoms with Gasteiger partial charge in [-0.15, -0.1) is 0 Å². The van der Waals surface area contributed by atoms with E-state index in [1.165, 1.54) is 0 Å². The summed E-state index contributed by atoms with van der Waals surface area (Å²) in [4.78, 5) is 18.4. The summed E-state index contributed by atoms with van der Waals surface area (Å²) in [5, 5.41) is 0. The molecular formula is C14H18N2O3. The average molecular weight is 262 g/mol. The van der Waals surface area contributed by atoms with E-state index in [4.69, 9.17) is 9.47 Å². The number of likely N-dealkylation sites (tertiary alicyclic amines) is 1. The lowest BCUT2D eigenvalue weighted by atomic mass is 10.0. The Morgan fingerprint density at radius 1 is 1.42 bits per heavy atom. The van der Waals surface area contributed by atoms with E-state index in [0.717, 1.165) is 25.1 Å². The van der Waals surface area contributed by atoms with Crippen molar-refractivity contribution in [3.05, 3.63) is 29.6 Å². The van der Waals surface area contributed by atoms with Crippen molar-refractivity contribution < 1.29 is 14.3 Å². The summed E-state index contributed by atoms with van der Waals surface area (Å²) in [7, 11) is 0. The first-order valence-electron chi connectivity index (χ1n) is 6.68. The van der Waals surface area contributed by atoms with Crippen molar-refractivity contribution in [1.82, 2.24) is 9.88 Å². The van der Waals surface area contributed by atoms with E-state index in [1.807, 2.05) is 17.9 Å². The number of rotatable bonds is 1. The van der Waals surface area contributed by atoms with Gasteiger partial charge in [0.15, 0.2) is 5.79 Å². The number of ether oxygens (including phenoxy) is 2. The molecule has 0 saturated carbocycles. The zero-order valence-electron chi connectivity index (χ0n) is 11.1. The van der Waals surface area contributed by atoms with Crippen molar-refractivity contribution in [3.63, 3.8) is 0 Å². The Labute approximate surface area is 112 Å². The average Bonchev–Trinajstić information content (AvgIpc) is 2.86. The van der Waals surface area contributed by atoms with E-state index in [0.29, 0.717) is 25.3 Å². The number of nitrogens with zero attached hydrogens (tertiary/aromatic N) is 2.